The molecule has 0 unspecified atom stereocenters. The second-order valence-electron chi connectivity index (χ2n) is 7.52. The molecule has 0 atom stereocenters. The first-order chi connectivity index (χ1) is 13.7. The van der Waals surface area contributed by atoms with Gasteiger partial charge in [0.05, 0.1) is 5.69 Å². The summed E-state index contributed by atoms with van der Waals surface area (Å²) in [4.78, 5) is 11.2. The predicted molar refractivity (Wildman–Crippen MR) is 113 cm³/mol. The molecule has 5 nitrogen and oxygen atoms in total. The van der Waals surface area contributed by atoms with Crippen LogP contribution >= 0.6 is 0 Å². The zero-order chi connectivity index (χ0) is 19.3. The van der Waals surface area contributed by atoms with Gasteiger partial charge in [-0.05, 0) is 57.0 Å². The molecule has 3 aromatic rings. The monoisotopic (exact) mass is 376 g/mol. The maximum Gasteiger partial charge on any atom is 0.125 e. The summed E-state index contributed by atoms with van der Waals surface area (Å²) in [5.41, 5.74) is 3.41. The maximum atomic E-state index is 5.65. The molecule has 5 heteroatoms. The molecule has 2 aromatic heterocycles. The van der Waals surface area contributed by atoms with Gasteiger partial charge in [-0.1, -0.05) is 12.1 Å². The number of nitrogens with zero attached hydrogens (tertiary/aromatic N) is 3. The van der Waals surface area contributed by atoms with Crippen LogP contribution in [-0.2, 0) is 6.42 Å². The highest BCUT2D eigenvalue weighted by atomic mass is 16.3. The van der Waals surface area contributed by atoms with Crippen LogP contribution < -0.4 is 10.2 Å². The van der Waals surface area contributed by atoms with Crippen LogP contribution in [0, 0.1) is 13.8 Å². The fraction of sp³-hybridized carbons (Fsp3) is 0.391. The van der Waals surface area contributed by atoms with Crippen LogP contribution in [0.2, 0.25) is 0 Å². The average molecular weight is 377 g/mol. The van der Waals surface area contributed by atoms with Crippen LogP contribution in [-0.4, -0.2) is 35.6 Å². The summed E-state index contributed by atoms with van der Waals surface area (Å²) in [5, 5.41) is 3.69. The fourth-order valence-electron chi connectivity index (χ4n) is 3.84. The lowest BCUT2D eigenvalue weighted by Gasteiger charge is -2.34. The lowest BCUT2D eigenvalue weighted by atomic mass is 10.0. The van der Waals surface area contributed by atoms with Crippen LogP contribution in [0.5, 0.6) is 0 Å². The van der Waals surface area contributed by atoms with Crippen molar-refractivity contribution in [3.8, 4) is 11.3 Å². The number of piperidine rings is 1. The molecule has 1 N–H and O–H groups in total. The number of furan rings is 1. The van der Waals surface area contributed by atoms with Crippen LogP contribution in [0.25, 0.3) is 11.3 Å². The molecule has 0 bridgehead atoms. The van der Waals surface area contributed by atoms with Crippen molar-refractivity contribution in [2.45, 2.75) is 39.2 Å². The van der Waals surface area contributed by atoms with Gasteiger partial charge >= 0.3 is 0 Å². The minimum atomic E-state index is 0.583. The summed E-state index contributed by atoms with van der Waals surface area (Å²) in [6.45, 7) is 7.04. The zero-order valence-corrected chi connectivity index (χ0v) is 16.7. The molecule has 1 aliphatic heterocycles. The molecule has 1 aliphatic rings. The van der Waals surface area contributed by atoms with E-state index in [0.29, 0.717) is 6.04 Å². The number of nitrogens with one attached hydrogen (secondary N) is 1. The van der Waals surface area contributed by atoms with Crippen molar-refractivity contribution >= 4 is 5.69 Å². The fourth-order valence-corrected chi connectivity index (χ4v) is 3.84. The van der Waals surface area contributed by atoms with Crippen LogP contribution in [0.15, 0.2) is 53.1 Å². The van der Waals surface area contributed by atoms with Crippen molar-refractivity contribution in [3.05, 3.63) is 66.0 Å². The third kappa shape index (κ3) is 4.60. The minimum absolute atomic E-state index is 0.583. The average Bonchev–Trinajstić information content (AvgIpc) is 3.14. The van der Waals surface area contributed by atoms with Crippen LogP contribution in [0.3, 0.4) is 0 Å². The smallest absolute Gasteiger partial charge is 0.125 e. The van der Waals surface area contributed by atoms with E-state index in [9.17, 15) is 0 Å². The first kappa shape index (κ1) is 18.7. The van der Waals surface area contributed by atoms with Gasteiger partial charge in [0.1, 0.15) is 17.3 Å². The molecule has 0 amide bonds. The van der Waals surface area contributed by atoms with Gasteiger partial charge in [0, 0.05) is 49.5 Å². The Morgan fingerprint density at radius 2 is 1.96 bits per heavy atom. The Balaban J connectivity index is 1.30. The molecule has 3 heterocycles. The molecule has 0 radical (unpaired) electrons. The molecule has 1 fully saturated rings. The highest BCUT2D eigenvalue weighted by Crippen LogP contribution is 2.25. The van der Waals surface area contributed by atoms with Crippen LogP contribution in [0.1, 0.15) is 30.2 Å². The molecule has 1 aromatic carbocycles. The Morgan fingerprint density at radius 3 is 2.71 bits per heavy atom. The summed E-state index contributed by atoms with van der Waals surface area (Å²) in [6, 6.07) is 15.4. The molecule has 4 rings (SSSR count). The number of hydrogen-bond donors (Lipinski definition) is 1. The van der Waals surface area contributed by atoms with Crippen molar-refractivity contribution in [1.29, 1.82) is 0 Å². The highest BCUT2D eigenvalue weighted by molar-refractivity contribution is 5.65. The van der Waals surface area contributed by atoms with Gasteiger partial charge in [0.2, 0.25) is 0 Å². The molecule has 0 aliphatic carbocycles. The van der Waals surface area contributed by atoms with Crippen molar-refractivity contribution in [1.82, 2.24) is 15.3 Å². The van der Waals surface area contributed by atoms with Crippen molar-refractivity contribution in [3.63, 3.8) is 0 Å². The summed E-state index contributed by atoms with van der Waals surface area (Å²) in [5.74, 6) is 2.86. The Hall–Kier alpha value is -2.66. The van der Waals surface area contributed by atoms with E-state index < -0.39 is 0 Å². The van der Waals surface area contributed by atoms with Gasteiger partial charge < -0.3 is 14.6 Å². The van der Waals surface area contributed by atoms with E-state index in [1.54, 1.807) is 0 Å². The second-order valence-corrected chi connectivity index (χ2v) is 7.52. The van der Waals surface area contributed by atoms with Crippen molar-refractivity contribution < 1.29 is 4.42 Å². The second kappa shape index (κ2) is 8.57. The molecule has 28 heavy (non-hydrogen) atoms. The quantitative estimate of drug-likeness (QED) is 0.700. The summed E-state index contributed by atoms with van der Waals surface area (Å²) >= 11 is 0. The normalized spacial score (nSPS) is 15.1. The third-order valence-corrected chi connectivity index (χ3v) is 5.38. The molecule has 0 saturated carbocycles. The van der Waals surface area contributed by atoms with E-state index in [1.807, 2.05) is 32.2 Å². The topological polar surface area (TPSA) is 54.2 Å². The largest absolute Gasteiger partial charge is 0.466 e. The van der Waals surface area contributed by atoms with E-state index in [2.05, 4.69) is 50.5 Å². The minimum Gasteiger partial charge on any atom is -0.466 e. The van der Waals surface area contributed by atoms with E-state index in [4.69, 9.17) is 4.42 Å². The van der Waals surface area contributed by atoms with Gasteiger partial charge in [-0.15, -0.1) is 0 Å². The number of hydrogen-bond acceptors (Lipinski definition) is 5. The van der Waals surface area contributed by atoms with E-state index >= 15 is 0 Å². The number of anilines is 1. The zero-order valence-electron chi connectivity index (χ0n) is 16.7. The number of aryl methyl sites for hydroxylation is 2. The predicted octanol–water partition coefficient (Wildman–Crippen LogP) is 4.15. The van der Waals surface area contributed by atoms with Gasteiger partial charge in [0.25, 0.3) is 0 Å². The molecule has 146 valence electrons. The standard InChI is InChI=1S/C23H28N4O/c1-17-6-7-22(28-17)8-12-25-20-10-14-27(15-11-20)21-5-3-4-19(16-21)23-9-13-24-18(2)26-23/h3-7,9,13,16,20,25H,8,10-12,14-15H2,1-2H3. The van der Waals surface area contributed by atoms with Gasteiger partial charge in [0.15, 0.2) is 0 Å². The van der Waals surface area contributed by atoms with Crippen molar-refractivity contribution in [2.75, 3.05) is 24.5 Å². The summed E-state index contributed by atoms with van der Waals surface area (Å²) < 4.78 is 5.65. The number of aromatic nitrogens is 2. The number of rotatable bonds is 6. The molecular formula is C23H28N4O. The first-order valence-corrected chi connectivity index (χ1v) is 10.1. The summed E-state index contributed by atoms with van der Waals surface area (Å²) in [7, 11) is 0. The van der Waals surface area contributed by atoms with Gasteiger partial charge in [-0.25, -0.2) is 9.97 Å². The van der Waals surface area contributed by atoms with E-state index in [-0.39, 0.29) is 0 Å². The Labute approximate surface area is 166 Å². The van der Waals surface area contributed by atoms with Crippen LogP contribution in [0.4, 0.5) is 5.69 Å². The molecule has 0 spiro atoms. The Morgan fingerprint density at radius 1 is 1.11 bits per heavy atom. The summed E-state index contributed by atoms with van der Waals surface area (Å²) in [6.07, 6.45) is 5.10. The molecule has 1 saturated heterocycles. The van der Waals surface area contributed by atoms with Gasteiger partial charge in [-0.3, -0.25) is 0 Å². The lowest BCUT2D eigenvalue weighted by molar-refractivity contribution is 0.405. The van der Waals surface area contributed by atoms with E-state index in [0.717, 1.165) is 67.5 Å². The first-order valence-electron chi connectivity index (χ1n) is 10.1. The molecular weight excluding hydrogens is 348 g/mol. The third-order valence-electron chi connectivity index (χ3n) is 5.38. The Bertz CT molecular complexity index is 912. The van der Waals surface area contributed by atoms with Gasteiger partial charge in [-0.2, -0.15) is 0 Å². The lowest BCUT2D eigenvalue weighted by Crippen LogP contribution is -2.43. The maximum absolute atomic E-state index is 5.65. The van der Waals surface area contributed by atoms with E-state index in [1.165, 1.54) is 5.69 Å². The van der Waals surface area contributed by atoms with Crippen molar-refractivity contribution in [2.24, 2.45) is 0 Å². The highest BCUT2D eigenvalue weighted by Gasteiger charge is 2.19. The SMILES string of the molecule is Cc1nccc(-c2cccc(N3CCC(NCCc4ccc(C)o4)CC3)c2)n1. The number of benzene rings is 1. The Kier molecular flexibility index (Phi) is 5.72.